The van der Waals surface area contributed by atoms with E-state index in [0.717, 1.165) is 11.3 Å². The van der Waals surface area contributed by atoms with Crippen molar-refractivity contribution in [3.05, 3.63) is 41.1 Å². The van der Waals surface area contributed by atoms with Gasteiger partial charge < -0.3 is 19.7 Å². The summed E-state index contributed by atoms with van der Waals surface area (Å²) in [6.45, 7) is 3.97. The number of nitrogens with one attached hydrogen (secondary N) is 1. The van der Waals surface area contributed by atoms with Crippen LogP contribution in [-0.2, 0) is 9.53 Å². The first-order chi connectivity index (χ1) is 10.5. The zero-order valence-corrected chi connectivity index (χ0v) is 14.0. The molecule has 1 N–H and O–H groups in total. The molecule has 0 saturated heterocycles. The van der Waals surface area contributed by atoms with Crippen LogP contribution >= 0.6 is 12.2 Å². The molecule has 2 rings (SSSR count). The van der Waals surface area contributed by atoms with Gasteiger partial charge >= 0.3 is 5.97 Å². The van der Waals surface area contributed by atoms with E-state index in [0.29, 0.717) is 23.0 Å². The van der Waals surface area contributed by atoms with Gasteiger partial charge in [0.05, 0.1) is 25.3 Å². The normalized spacial score (nSPS) is 18.1. The van der Waals surface area contributed by atoms with Gasteiger partial charge in [-0.1, -0.05) is 18.2 Å². The molecule has 1 heterocycles. The number of carbonyl (C=O) groups is 1. The number of allylic oxidation sites excluding steroid dienone is 1. The number of hydrogen-bond acceptors (Lipinski definition) is 4. The van der Waals surface area contributed by atoms with Gasteiger partial charge in [-0.05, 0) is 32.1 Å². The second kappa shape index (κ2) is 6.79. The van der Waals surface area contributed by atoms with Crippen molar-refractivity contribution < 1.29 is 14.3 Å². The zero-order chi connectivity index (χ0) is 16.3. The monoisotopic (exact) mass is 320 g/mol. The van der Waals surface area contributed by atoms with Crippen LogP contribution in [0.2, 0.25) is 0 Å². The molecule has 0 fully saturated rings. The SMILES string of the molecule is CCOC(=O)C1=C(C)N(C)C(=S)N[C@@H]1c1ccccc1OC. The van der Waals surface area contributed by atoms with Gasteiger partial charge in [0.25, 0.3) is 0 Å². The van der Waals surface area contributed by atoms with Crippen LogP contribution in [-0.4, -0.2) is 36.7 Å². The van der Waals surface area contributed by atoms with Crippen molar-refractivity contribution in [2.24, 2.45) is 0 Å². The number of methoxy groups -OCH3 is 1. The van der Waals surface area contributed by atoms with Gasteiger partial charge in [-0.25, -0.2) is 4.79 Å². The predicted octanol–water partition coefficient (Wildman–Crippen LogP) is 2.39. The largest absolute Gasteiger partial charge is 0.496 e. The number of thiocarbonyl (C=S) groups is 1. The summed E-state index contributed by atoms with van der Waals surface area (Å²) in [4.78, 5) is 14.2. The van der Waals surface area contributed by atoms with E-state index < -0.39 is 0 Å². The molecule has 22 heavy (non-hydrogen) atoms. The predicted molar refractivity (Wildman–Crippen MR) is 88.6 cm³/mol. The molecule has 6 heteroatoms. The van der Waals surface area contributed by atoms with Crippen molar-refractivity contribution in [3.63, 3.8) is 0 Å². The van der Waals surface area contributed by atoms with Crippen molar-refractivity contribution in [1.29, 1.82) is 0 Å². The molecule has 0 aliphatic carbocycles. The molecular weight excluding hydrogens is 300 g/mol. The second-order valence-corrected chi connectivity index (χ2v) is 5.29. The Labute approximate surface area is 135 Å². The lowest BCUT2D eigenvalue weighted by atomic mass is 9.94. The quantitative estimate of drug-likeness (QED) is 0.679. The molecule has 1 atom stereocenters. The lowest BCUT2D eigenvalue weighted by Crippen LogP contribution is -2.46. The molecule has 1 aromatic carbocycles. The van der Waals surface area contributed by atoms with E-state index in [1.54, 1.807) is 18.9 Å². The summed E-state index contributed by atoms with van der Waals surface area (Å²) in [5, 5.41) is 3.75. The van der Waals surface area contributed by atoms with E-state index in [2.05, 4.69) is 5.32 Å². The fourth-order valence-electron chi connectivity index (χ4n) is 2.45. The molecule has 0 spiro atoms. The van der Waals surface area contributed by atoms with Crippen molar-refractivity contribution in [1.82, 2.24) is 10.2 Å². The first-order valence-corrected chi connectivity index (χ1v) is 7.47. The topological polar surface area (TPSA) is 50.8 Å². The van der Waals surface area contributed by atoms with Crippen molar-refractivity contribution in [2.45, 2.75) is 19.9 Å². The maximum atomic E-state index is 12.4. The molecule has 0 saturated carbocycles. The molecule has 1 aliphatic heterocycles. The number of benzene rings is 1. The first-order valence-electron chi connectivity index (χ1n) is 7.06. The van der Waals surface area contributed by atoms with Crippen LogP contribution in [0.3, 0.4) is 0 Å². The van der Waals surface area contributed by atoms with E-state index in [4.69, 9.17) is 21.7 Å². The Kier molecular flexibility index (Phi) is 5.03. The van der Waals surface area contributed by atoms with E-state index in [1.807, 2.05) is 38.2 Å². The molecule has 0 amide bonds. The summed E-state index contributed by atoms with van der Waals surface area (Å²) in [7, 11) is 3.43. The van der Waals surface area contributed by atoms with Gasteiger partial charge in [0.15, 0.2) is 5.11 Å². The van der Waals surface area contributed by atoms with Crippen LogP contribution in [0.25, 0.3) is 0 Å². The number of para-hydroxylation sites is 1. The van der Waals surface area contributed by atoms with Crippen LogP contribution in [0.5, 0.6) is 5.75 Å². The summed E-state index contributed by atoms with van der Waals surface area (Å²) in [5.41, 5.74) is 2.17. The summed E-state index contributed by atoms with van der Waals surface area (Å²) in [6.07, 6.45) is 0. The minimum absolute atomic E-state index is 0.322. The van der Waals surface area contributed by atoms with Crippen LogP contribution in [0, 0.1) is 0 Å². The third-order valence-electron chi connectivity index (χ3n) is 3.70. The summed E-state index contributed by atoms with van der Waals surface area (Å²) in [6, 6.07) is 7.17. The molecule has 5 nitrogen and oxygen atoms in total. The number of nitrogens with zero attached hydrogens (tertiary/aromatic N) is 1. The standard InChI is InChI=1S/C16H20N2O3S/c1-5-21-15(19)13-10(2)18(3)16(22)17-14(13)11-8-6-7-9-12(11)20-4/h6-9,14H,5H2,1-4H3,(H,17,22)/t14-/m1/s1. The maximum absolute atomic E-state index is 12.4. The first kappa shape index (κ1) is 16.3. The molecular formula is C16H20N2O3S. The Balaban J connectivity index is 2.56. The van der Waals surface area contributed by atoms with Gasteiger partial charge in [-0.2, -0.15) is 0 Å². The Morgan fingerprint density at radius 3 is 2.73 bits per heavy atom. The molecule has 0 aromatic heterocycles. The van der Waals surface area contributed by atoms with Gasteiger partial charge in [0, 0.05) is 18.3 Å². The number of esters is 1. The Bertz CT molecular complexity index is 628. The summed E-state index contributed by atoms with van der Waals surface area (Å²) >= 11 is 5.35. The van der Waals surface area contributed by atoms with Crippen molar-refractivity contribution >= 4 is 23.3 Å². The average Bonchev–Trinajstić information content (AvgIpc) is 2.52. The summed E-state index contributed by atoms with van der Waals surface area (Å²) in [5.74, 6) is 0.347. The lowest BCUT2D eigenvalue weighted by molar-refractivity contribution is -0.139. The van der Waals surface area contributed by atoms with Crippen molar-refractivity contribution in [3.8, 4) is 5.75 Å². The number of rotatable bonds is 4. The Morgan fingerprint density at radius 1 is 1.41 bits per heavy atom. The molecule has 118 valence electrons. The van der Waals surface area contributed by atoms with Gasteiger partial charge in [0.1, 0.15) is 5.75 Å². The molecule has 0 unspecified atom stereocenters. The maximum Gasteiger partial charge on any atom is 0.338 e. The summed E-state index contributed by atoms with van der Waals surface area (Å²) < 4.78 is 10.6. The van der Waals surface area contributed by atoms with E-state index >= 15 is 0 Å². The van der Waals surface area contributed by atoms with Gasteiger partial charge in [0.2, 0.25) is 0 Å². The van der Waals surface area contributed by atoms with E-state index in [1.165, 1.54) is 0 Å². The molecule has 1 aromatic rings. The number of carbonyl (C=O) groups excluding carboxylic acids is 1. The van der Waals surface area contributed by atoms with Crippen LogP contribution < -0.4 is 10.1 Å². The van der Waals surface area contributed by atoms with Crippen LogP contribution in [0.1, 0.15) is 25.5 Å². The van der Waals surface area contributed by atoms with Crippen LogP contribution in [0.4, 0.5) is 0 Å². The fraction of sp³-hybridized carbons (Fsp3) is 0.375. The van der Waals surface area contributed by atoms with Gasteiger partial charge in [-0.15, -0.1) is 0 Å². The average molecular weight is 320 g/mol. The fourth-order valence-corrected chi connectivity index (χ4v) is 2.70. The molecule has 0 radical (unpaired) electrons. The van der Waals surface area contributed by atoms with E-state index in [9.17, 15) is 4.79 Å². The Hall–Kier alpha value is -2.08. The minimum Gasteiger partial charge on any atom is -0.496 e. The van der Waals surface area contributed by atoms with Crippen molar-refractivity contribution in [2.75, 3.05) is 20.8 Å². The van der Waals surface area contributed by atoms with Gasteiger partial charge in [-0.3, -0.25) is 0 Å². The highest BCUT2D eigenvalue weighted by Gasteiger charge is 2.34. The number of ether oxygens (including phenoxy) is 2. The zero-order valence-electron chi connectivity index (χ0n) is 13.2. The van der Waals surface area contributed by atoms with Crippen LogP contribution in [0.15, 0.2) is 35.5 Å². The number of hydrogen-bond donors (Lipinski definition) is 1. The smallest absolute Gasteiger partial charge is 0.338 e. The molecule has 1 aliphatic rings. The minimum atomic E-state index is -0.390. The third-order valence-corrected chi connectivity index (χ3v) is 4.09. The third kappa shape index (κ3) is 2.92. The molecule has 0 bridgehead atoms. The Morgan fingerprint density at radius 2 is 2.09 bits per heavy atom. The second-order valence-electron chi connectivity index (χ2n) is 4.90. The van der Waals surface area contributed by atoms with E-state index in [-0.39, 0.29) is 12.0 Å². The highest BCUT2D eigenvalue weighted by molar-refractivity contribution is 7.80. The highest BCUT2D eigenvalue weighted by Crippen LogP contribution is 2.35. The lowest BCUT2D eigenvalue weighted by Gasteiger charge is -2.35. The highest BCUT2D eigenvalue weighted by atomic mass is 32.1.